The molecule has 0 aromatic carbocycles. The molecule has 88 valence electrons. The predicted octanol–water partition coefficient (Wildman–Crippen LogP) is 2.87. The van der Waals surface area contributed by atoms with Crippen molar-refractivity contribution in [3.05, 3.63) is 0 Å². The fourth-order valence-electron chi connectivity index (χ4n) is 3.04. The molecule has 2 aliphatic rings. The van der Waals surface area contributed by atoms with E-state index in [1.165, 1.54) is 57.8 Å². The average Bonchev–Trinajstić information content (AvgIpc) is 2.53. The van der Waals surface area contributed by atoms with Crippen LogP contribution < -0.4 is 5.32 Å². The molecule has 0 aromatic rings. The Hall–Kier alpha value is -0.0800. The van der Waals surface area contributed by atoms with Crippen molar-refractivity contribution in [1.82, 2.24) is 5.32 Å². The quantitative estimate of drug-likeness (QED) is 0.725. The minimum Gasteiger partial charge on any atom is -0.373 e. The van der Waals surface area contributed by atoms with E-state index in [0.29, 0.717) is 18.2 Å². The summed E-state index contributed by atoms with van der Waals surface area (Å²) < 4.78 is 6.27. The third-order valence-corrected chi connectivity index (χ3v) is 3.99. The molecule has 2 atom stereocenters. The number of likely N-dealkylation sites (N-methyl/N-ethyl adjacent to an activating group) is 1. The summed E-state index contributed by atoms with van der Waals surface area (Å²) in [4.78, 5) is 0. The van der Waals surface area contributed by atoms with Gasteiger partial charge in [0.15, 0.2) is 0 Å². The van der Waals surface area contributed by atoms with Gasteiger partial charge in [0.2, 0.25) is 0 Å². The fraction of sp³-hybridized carbons (Fsp3) is 1.00. The van der Waals surface area contributed by atoms with Crippen LogP contribution in [0.1, 0.15) is 57.8 Å². The van der Waals surface area contributed by atoms with Crippen molar-refractivity contribution >= 4 is 0 Å². The Morgan fingerprint density at radius 3 is 2.27 bits per heavy atom. The molecule has 2 saturated carbocycles. The first-order valence-corrected chi connectivity index (χ1v) is 6.73. The van der Waals surface area contributed by atoms with Gasteiger partial charge in [-0.3, -0.25) is 0 Å². The second-order valence-corrected chi connectivity index (χ2v) is 5.11. The molecule has 0 spiro atoms. The first-order chi connectivity index (χ1) is 7.40. The highest BCUT2D eigenvalue weighted by Gasteiger charge is 2.29. The van der Waals surface area contributed by atoms with E-state index in [1.54, 1.807) is 0 Å². The molecule has 2 unspecified atom stereocenters. The van der Waals surface area contributed by atoms with Gasteiger partial charge in [-0.25, -0.2) is 0 Å². The zero-order valence-corrected chi connectivity index (χ0v) is 10.0. The summed E-state index contributed by atoms with van der Waals surface area (Å²) in [6.07, 6.45) is 13.1. The van der Waals surface area contributed by atoms with E-state index in [-0.39, 0.29) is 0 Å². The molecular weight excluding hydrogens is 186 g/mol. The van der Waals surface area contributed by atoms with Crippen molar-refractivity contribution < 1.29 is 4.74 Å². The van der Waals surface area contributed by atoms with Crippen molar-refractivity contribution in [2.45, 2.75) is 76.0 Å². The lowest BCUT2D eigenvalue weighted by Crippen LogP contribution is -2.37. The van der Waals surface area contributed by atoms with Gasteiger partial charge in [0, 0.05) is 6.04 Å². The summed E-state index contributed by atoms with van der Waals surface area (Å²) in [7, 11) is 2.07. The normalized spacial score (nSPS) is 34.2. The van der Waals surface area contributed by atoms with E-state index < -0.39 is 0 Å². The molecular formula is C13H25NO. The molecule has 0 bridgehead atoms. The first-order valence-electron chi connectivity index (χ1n) is 6.73. The van der Waals surface area contributed by atoms with Crippen LogP contribution in [-0.2, 0) is 4.74 Å². The highest BCUT2D eigenvalue weighted by molar-refractivity contribution is 4.84. The summed E-state index contributed by atoms with van der Waals surface area (Å²) in [5.41, 5.74) is 0. The smallest absolute Gasteiger partial charge is 0.0731 e. The standard InChI is InChI=1S/C13H25NO/c1-14-12-9-6-10-13(12)15-11-7-4-2-3-5-8-11/h11-14H,2-10H2,1H3. The second kappa shape index (κ2) is 5.86. The SMILES string of the molecule is CNC1CCCC1OC1CCCCCC1. The van der Waals surface area contributed by atoms with E-state index in [0.717, 1.165) is 0 Å². The summed E-state index contributed by atoms with van der Waals surface area (Å²) >= 11 is 0. The Morgan fingerprint density at radius 1 is 0.867 bits per heavy atom. The van der Waals surface area contributed by atoms with Gasteiger partial charge in [-0.1, -0.05) is 25.7 Å². The van der Waals surface area contributed by atoms with Gasteiger partial charge < -0.3 is 10.1 Å². The maximum absolute atomic E-state index is 6.27. The van der Waals surface area contributed by atoms with Crippen LogP contribution >= 0.6 is 0 Å². The van der Waals surface area contributed by atoms with Crippen molar-refractivity contribution in [2.75, 3.05) is 7.05 Å². The van der Waals surface area contributed by atoms with E-state index in [2.05, 4.69) is 12.4 Å². The van der Waals surface area contributed by atoms with Gasteiger partial charge in [-0.15, -0.1) is 0 Å². The van der Waals surface area contributed by atoms with Crippen molar-refractivity contribution in [3.63, 3.8) is 0 Å². The van der Waals surface area contributed by atoms with Gasteiger partial charge in [0.1, 0.15) is 0 Å². The summed E-state index contributed by atoms with van der Waals surface area (Å²) in [6, 6.07) is 0.619. The third kappa shape index (κ3) is 3.18. The lowest BCUT2D eigenvalue weighted by Gasteiger charge is -2.25. The zero-order chi connectivity index (χ0) is 10.5. The molecule has 2 rings (SSSR count). The van der Waals surface area contributed by atoms with Gasteiger partial charge in [0.05, 0.1) is 12.2 Å². The van der Waals surface area contributed by atoms with Crippen molar-refractivity contribution in [3.8, 4) is 0 Å². The monoisotopic (exact) mass is 211 g/mol. The van der Waals surface area contributed by atoms with Crippen LogP contribution in [0.25, 0.3) is 0 Å². The summed E-state index contributed by atoms with van der Waals surface area (Å²) in [5.74, 6) is 0. The fourth-order valence-corrected chi connectivity index (χ4v) is 3.04. The molecule has 0 aromatic heterocycles. The number of nitrogens with one attached hydrogen (secondary N) is 1. The second-order valence-electron chi connectivity index (χ2n) is 5.11. The molecule has 0 heterocycles. The highest BCUT2D eigenvalue weighted by atomic mass is 16.5. The van der Waals surface area contributed by atoms with E-state index >= 15 is 0 Å². The Labute approximate surface area is 93.8 Å². The van der Waals surface area contributed by atoms with Crippen LogP contribution in [0.2, 0.25) is 0 Å². The molecule has 0 aliphatic heterocycles. The molecule has 0 radical (unpaired) electrons. The van der Waals surface area contributed by atoms with Crippen molar-refractivity contribution in [1.29, 1.82) is 0 Å². The van der Waals surface area contributed by atoms with E-state index in [1.807, 2.05) is 0 Å². The number of ether oxygens (including phenoxy) is 1. The maximum atomic E-state index is 6.27. The third-order valence-electron chi connectivity index (χ3n) is 3.99. The van der Waals surface area contributed by atoms with Crippen molar-refractivity contribution in [2.24, 2.45) is 0 Å². The maximum Gasteiger partial charge on any atom is 0.0731 e. The van der Waals surface area contributed by atoms with Crippen LogP contribution in [0.3, 0.4) is 0 Å². The molecule has 2 fully saturated rings. The van der Waals surface area contributed by atoms with Crippen LogP contribution in [0.15, 0.2) is 0 Å². The molecule has 15 heavy (non-hydrogen) atoms. The largest absolute Gasteiger partial charge is 0.373 e. The molecule has 0 saturated heterocycles. The van der Waals surface area contributed by atoms with Crippen LogP contribution in [0, 0.1) is 0 Å². The summed E-state index contributed by atoms with van der Waals surface area (Å²) in [6.45, 7) is 0. The average molecular weight is 211 g/mol. The Bertz CT molecular complexity index is 175. The van der Waals surface area contributed by atoms with Crippen LogP contribution in [0.4, 0.5) is 0 Å². The Kier molecular flexibility index (Phi) is 4.45. The number of rotatable bonds is 3. The minimum absolute atomic E-state index is 0.498. The lowest BCUT2D eigenvalue weighted by atomic mass is 10.1. The van der Waals surface area contributed by atoms with Gasteiger partial charge in [-0.2, -0.15) is 0 Å². The minimum atomic E-state index is 0.498. The van der Waals surface area contributed by atoms with E-state index in [4.69, 9.17) is 4.74 Å². The van der Waals surface area contributed by atoms with Gasteiger partial charge >= 0.3 is 0 Å². The molecule has 2 nitrogen and oxygen atoms in total. The van der Waals surface area contributed by atoms with Gasteiger partial charge in [0.25, 0.3) is 0 Å². The van der Waals surface area contributed by atoms with Crippen LogP contribution in [-0.4, -0.2) is 25.3 Å². The molecule has 2 aliphatic carbocycles. The topological polar surface area (TPSA) is 21.3 Å². The Balaban J connectivity index is 1.78. The Morgan fingerprint density at radius 2 is 1.60 bits per heavy atom. The number of hydrogen-bond donors (Lipinski definition) is 1. The highest BCUT2D eigenvalue weighted by Crippen LogP contribution is 2.27. The van der Waals surface area contributed by atoms with Gasteiger partial charge in [-0.05, 0) is 39.2 Å². The first kappa shape index (κ1) is 11.4. The molecule has 0 amide bonds. The predicted molar refractivity (Wildman–Crippen MR) is 63.1 cm³/mol. The molecule has 1 N–H and O–H groups in total. The lowest BCUT2D eigenvalue weighted by molar-refractivity contribution is -0.0267. The number of hydrogen-bond acceptors (Lipinski definition) is 2. The van der Waals surface area contributed by atoms with Crippen LogP contribution in [0.5, 0.6) is 0 Å². The van der Waals surface area contributed by atoms with E-state index in [9.17, 15) is 0 Å². The molecule has 2 heteroatoms. The summed E-state index contributed by atoms with van der Waals surface area (Å²) in [5, 5.41) is 3.39. The zero-order valence-electron chi connectivity index (χ0n) is 10.0.